The molecule has 4 unspecified atom stereocenters. The van der Waals surface area contributed by atoms with Crippen LogP contribution in [0.25, 0.3) is 0 Å². The van der Waals surface area contributed by atoms with Crippen molar-refractivity contribution in [1.82, 2.24) is 0 Å². The van der Waals surface area contributed by atoms with Crippen LogP contribution in [0.2, 0.25) is 5.02 Å². The normalized spacial score (nSPS) is 33.4. The van der Waals surface area contributed by atoms with E-state index >= 15 is 0 Å². The predicted molar refractivity (Wildman–Crippen MR) is 68.7 cm³/mol. The van der Waals surface area contributed by atoms with Gasteiger partial charge in [-0.3, -0.25) is 4.79 Å². The van der Waals surface area contributed by atoms with E-state index in [-0.39, 0.29) is 12.0 Å². The van der Waals surface area contributed by atoms with Crippen molar-refractivity contribution in [2.45, 2.75) is 18.2 Å². The number of benzene rings is 1. The monoisotopic (exact) mass is 312 g/mol. The van der Waals surface area contributed by atoms with E-state index < -0.39 is 41.3 Å². The summed E-state index contributed by atoms with van der Waals surface area (Å²) in [6, 6.07) is 6.01. The standard InChI is InChI=1S/C14H10ClFO5/c15-7-3-1-2-6(4-7)12(18)21-9-5-8-10(11(9)17)14(8,16)13(19)20/h1-4,8-10H,5H2,(H,19,20). The van der Waals surface area contributed by atoms with Gasteiger partial charge in [0.2, 0.25) is 5.67 Å². The van der Waals surface area contributed by atoms with Gasteiger partial charge in [0, 0.05) is 10.9 Å². The zero-order chi connectivity index (χ0) is 15.4. The van der Waals surface area contributed by atoms with Gasteiger partial charge in [-0.1, -0.05) is 17.7 Å². The molecule has 0 aliphatic heterocycles. The highest BCUT2D eigenvalue weighted by atomic mass is 35.5. The Hall–Kier alpha value is -1.95. The first-order chi connectivity index (χ1) is 9.85. The molecule has 0 radical (unpaired) electrons. The zero-order valence-corrected chi connectivity index (χ0v) is 11.3. The van der Waals surface area contributed by atoms with Crippen molar-refractivity contribution in [3.05, 3.63) is 34.9 Å². The lowest BCUT2D eigenvalue weighted by molar-refractivity contribution is -0.149. The second-order valence-electron chi connectivity index (χ2n) is 5.20. The van der Waals surface area contributed by atoms with E-state index in [9.17, 15) is 18.8 Å². The SMILES string of the molecule is O=C(OC1CC2C(C1=O)C2(F)C(=O)O)c1cccc(Cl)c1. The van der Waals surface area contributed by atoms with E-state index in [4.69, 9.17) is 21.4 Å². The summed E-state index contributed by atoms with van der Waals surface area (Å²) in [6.07, 6.45) is -1.19. The number of hydrogen-bond donors (Lipinski definition) is 1. The number of carbonyl (C=O) groups excluding carboxylic acids is 2. The van der Waals surface area contributed by atoms with Gasteiger partial charge in [-0.05, 0) is 24.6 Å². The van der Waals surface area contributed by atoms with Crippen LogP contribution in [-0.4, -0.2) is 34.6 Å². The molecule has 0 bridgehead atoms. The molecule has 1 aromatic rings. The van der Waals surface area contributed by atoms with Crippen LogP contribution in [0.1, 0.15) is 16.8 Å². The molecule has 2 aliphatic carbocycles. The molecule has 0 saturated heterocycles. The topological polar surface area (TPSA) is 80.7 Å². The second kappa shape index (κ2) is 4.53. The number of esters is 1. The van der Waals surface area contributed by atoms with Crippen molar-refractivity contribution in [3.8, 4) is 0 Å². The number of carboxylic acid groups (broad SMARTS) is 1. The molecule has 21 heavy (non-hydrogen) atoms. The highest BCUT2D eigenvalue weighted by Gasteiger charge is 2.79. The number of ether oxygens (including phenoxy) is 1. The number of carbonyl (C=O) groups is 3. The number of rotatable bonds is 3. The molecule has 5 nitrogen and oxygen atoms in total. The van der Waals surface area contributed by atoms with E-state index in [0.29, 0.717) is 5.02 Å². The Labute approximate surface area is 123 Å². The Morgan fingerprint density at radius 2 is 2.14 bits per heavy atom. The van der Waals surface area contributed by atoms with Gasteiger partial charge in [-0.2, -0.15) is 0 Å². The number of ketones is 1. The lowest BCUT2D eigenvalue weighted by Gasteiger charge is -2.15. The largest absolute Gasteiger partial charge is 0.479 e. The van der Waals surface area contributed by atoms with Crippen molar-refractivity contribution >= 4 is 29.3 Å². The molecule has 110 valence electrons. The average molecular weight is 313 g/mol. The summed E-state index contributed by atoms with van der Waals surface area (Å²) in [6.45, 7) is 0. The van der Waals surface area contributed by atoms with E-state index in [2.05, 4.69) is 0 Å². The highest BCUT2D eigenvalue weighted by molar-refractivity contribution is 6.30. The van der Waals surface area contributed by atoms with E-state index in [1.165, 1.54) is 12.1 Å². The molecule has 7 heteroatoms. The highest BCUT2D eigenvalue weighted by Crippen LogP contribution is 2.62. The number of fused-ring (bicyclic) bond motifs is 1. The van der Waals surface area contributed by atoms with Crippen LogP contribution in [0, 0.1) is 11.8 Å². The number of carboxylic acids is 1. The van der Waals surface area contributed by atoms with Crippen LogP contribution >= 0.6 is 11.6 Å². The summed E-state index contributed by atoms with van der Waals surface area (Å²) >= 11 is 5.75. The van der Waals surface area contributed by atoms with E-state index in [0.717, 1.165) is 0 Å². The van der Waals surface area contributed by atoms with Crippen molar-refractivity contribution in [2.75, 3.05) is 0 Å². The first kappa shape index (κ1) is 14.0. The predicted octanol–water partition coefficient (Wildman–Crippen LogP) is 1.88. The first-order valence-corrected chi connectivity index (χ1v) is 6.66. The molecule has 0 amide bonds. The second-order valence-corrected chi connectivity index (χ2v) is 5.64. The summed E-state index contributed by atoms with van der Waals surface area (Å²) in [5, 5.41) is 9.11. The van der Waals surface area contributed by atoms with Gasteiger partial charge in [-0.15, -0.1) is 0 Å². The molecule has 2 saturated carbocycles. The van der Waals surface area contributed by atoms with Crippen LogP contribution in [-0.2, 0) is 14.3 Å². The van der Waals surface area contributed by atoms with Gasteiger partial charge in [-0.25, -0.2) is 14.0 Å². The van der Waals surface area contributed by atoms with Crippen LogP contribution in [0.4, 0.5) is 4.39 Å². The minimum absolute atomic E-state index is 0.0986. The lowest BCUT2D eigenvalue weighted by atomic mass is 10.1. The average Bonchev–Trinajstić information content (AvgIpc) is 2.88. The molecule has 3 rings (SSSR count). The molecule has 4 atom stereocenters. The van der Waals surface area contributed by atoms with Crippen molar-refractivity contribution in [1.29, 1.82) is 0 Å². The molecule has 0 spiro atoms. The Morgan fingerprint density at radius 1 is 1.43 bits per heavy atom. The minimum Gasteiger partial charge on any atom is -0.479 e. The third kappa shape index (κ3) is 2.01. The maximum absolute atomic E-state index is 13.9. The Kier molecular flexibility index (Phi) is 3.02. The lowest BCUT2D eigenvalue weighted by Crippen LogP contribution is -2.34. The molecular formula is C14H10ClFO5. The molecule has 2 aliphatic rings. The summed E-state index contributed by atoms with van der Waals surface area (Å²) < 4.78 is 18.9. The fourth-order valence-corrected chi connectivity index (χ4v) is 3.09. The van der Waals surface area contributed by atoms with Crippen LogP contribution < -0.4 is 0 Å². The first-order valence-electron chi connectivity index (χ1n) is 6.28. The van der Waals surface area contributed by atoms with Gasteiger partial charge in [0.1, 0.15) is 0 Å². The van der Waals surface area contributed by atoms with Crippen LogP contribution in [0.3, 0.4) is 0 Å². The van der Waals surface area contributed by atoms with Gasteiger partial charge in [0.25, 0.3) is 0 Å². The van der Waals surface area contributed by atoms with Crippen LogP contribution in [0.5, 0.6) is 0 Å². The third-order valence-corrected chi connectivity index (χ3v) is 4.25. The van der Waals surface area contributed by atoms with E-state index in [1.807, 2.05) is 0 Å². The summed E-state index contributed by atoms with van der Waals surface area (Å²) in [5.41, 5.74) is -2.31. The van der Waals surface area contributed by atoms with Gasteiger partial charge in [0.05, 0.1) is 11.5 Å². The fourth-order valence-electron chi connectivity index (χ4n) is 2.90. The molecule has 0 aromatic heterocycles. The molecular weight excluding hydrogens is 303 g/mol. The molecule has 0 heterocycles. The smallest absolute Gasteiger partial charge is 0.342 e. The quantitative estimate of drug-likeness (QED) is 0.862. The maximum atomic E-state index is 13.9. The summed E-state index contributed by atoms with van der Waals surface area (Å²) in [7, 11) is 0. The Balaban J connectivity index is 1.68. The fraction of sp³-hybridized carbons (Fsp3) is 0.357. The third-order valence-electron chi connectivity index (χ3n) is 4.01. The van der Waals surface area contributed by atoms with Gasteiger partial charge < -0.3 is 9.84 Å². The van der Waals surface area contributed by atoms with Crippen molar-refractivity contribution in [2.24, 2.45) is 11.8 Å². The molecule has 1 aromatic carbocycles. The number of aliphatic carboxylic acids is 1. The number of halogens is 2. The zero-order valence-electron chi connectivity index (χ0n) is 10.6. The van der Waals surface area contributed by atoms with Gasteiger partial charge in [0.15, 0.2) is 11.9 Å². The molecule has 1 N–H and O–H groups in total. The summed E-state index contributed by atoms with van der Waals surface area (Å²) in [4.78, 5) is 34.5. The van der Waals surface area contributed by atoms with Gasteiger partial charge >= 0.3 is 11.9 Å². The summed E-state index contributed by atoms with van der Waals surface area (Å²) in [5.74, 6) is -5.14. The number of alkyl halides is 1. The number of hydrogen-bond acceptors (Lipinski definition) is 4. The van der Waals surface area contributed by atoms with Crippen LogP contribution in [0.15, 0.2) is 24.3 Å². The van der Waals surface area contributed by atoms with Crippen molar-refractivity contribution < 1.29 is 28.6 Å². The van der Waals surface area contributed by atoms with Crippen molar-refractivity contribution in [3.63, 3.8) is 0 Å². The van der Waals surface area contributed by atoms with E-state index in [1.54, 1.807) is 12.1 Å². The maximum Gasteiger partial charge on any atom is 0.342 e. The number of Topliss-reactive ketones (excluding diaryl/α,β-unsaturated/α-hetero) is 1. The minimum atomic E-state index is -2.49. The Bertz CT molecular complexity index is 661. The molecule has 2 fully saturated rings. The Morgan fingerprint density at radius 3 is 2.67 bits per heavy atom.